The molecule has 8 heteroatoms. The molecule has 0 bridgehead atoms. The van der Waals surface area contributed by atoms with Crippen LogP contribution in [0.2, 0.25) is 5.02 Å². The summed E-state index contributed by atoms with van der Waals surface area (Å²) in [7, 11) is 0. The normalized spacial score (nSPS) is 13.0. The number of aliphatic hydroxyl groups is 1. The number of halogens is 2. The first-order valence-electron chi connectivity index (χ1n) is 7.92. The summed E-state index contributed by atoms with van der Waals surface area (Å²) in [5.41, 5.74) is -0.0591. The van der Waals surface area contributed by atoms with Crippen molar-refractivity contribution < 1.29 is 14.3 Å². The maximum atomic E-state index is 13.8. The Morgan fingerprint density at radius 2 is 2.08 bits per heavy atom. The third kappa shape index (κ3) is 3.85. The van der Waals surface area contributed by atoms with Crippen LogP contribution in [0, 0.1) is 0 Å². The molecule has 136 valence electrons. The fourth-order valence-electron chi connectivity index (χ4n) is 2.24. The van der Waals surface area contributed by atoms with Crippen LogP contribution in [0.3, 0.4) is 0 Å². The van der Waals surface area contributed by atoms with Crippen LogP contribution < -0.4 is 5.32 Å². The van der Waals surface area contributed by atoms with E-state index in [1.165, 1.54) is 31.4 Å². The Morgan fingerprint density at radius 1 is 1.38 bits per heavy atom. The minimum absolute atomic E-state index is 0.118. The summed E-state index contributed by atoms with van der Waals surface area (Å²) in [5, 5.41) is 12.9. The van der Waals surface area contributed by atoms with Crippen LogP contribution in [0.25, 0.3) is 20.9 Å². The molecule has 0 saturated heterocycles. The van der Waals surface area contributed by atoms with E-state index in [0.29, 0.717) is 10.3 Å². The number of aromatic nitrogens is 2. The van der Waals surface area contributed by atoms with E-state index in [-0.39, 0.29) is 17.1 Å². The van der Waals surface area contributed by atoms with Gasteiger partial charge in [0, 0.05) is 11.8 Å². The minimum Gasteiger partial charge on any atom is -0.387 e. The molecule has 26 heavy (non-hydrogen) atoms. The van der Waals surface area contributed by atoms with Gasteiger partial charge in [-0.15, -0.1) is 0 Å². The van der Waals surface area contributed by atoms with Crippen LogP contribution in [0.4, 0.5) is 4.39 Å². The molecule has 0 aliphatic heterocycles. The Bertz CT molecular complexity index is 941. The van der Waals surface area contributed by atoms with Crippen molar-refractivity contribution in [3.05, 3.63) is 47.1 Å². The Balaban J connectivity index is 1.86. The Kier molecular flexibility index (Phi) is 5.22. The van der Waals surface area contributed by atoms with Gasteiger partial charge in [-0.2, -0.15) is 0 Å². The molecule has 0 saturated carbocycles. The molecule has 0 fully saturated rings. The highest BCUT2D eigenvalue weighted by Crippen LogP contribution is 2.33. The smallest absolute Gasteiger partial charge is 0.254 e. The van der Waals surface area contributed by atoms with Gasteiger partial charge < -0.3 is 10.4 Å². The third-order valence-electron chi connectivity index (χ3n) is 3.84. The molecule has 1 atom stereocenters. The number of benzene rings is 1. The third-order valence-corrected chi connectivity index (χ3v) is 5.23. The Morgan fingerprint density at radius 3 is 2.73 bits per heavy atom. The van der Waals surface area contributed by atoms with Crippen molar-refractivity contribution in [2.24, 2.45) is 0 Å². The van der Waals surface area contributed by atoms with E-state index in [1.54, 1.807) is 0 Å². The summed E-state index contributed by atoms with van der Waals surface area (Å²) in [6.45, 7) is 2.35. The number of thiazole rings is 1. The molecular weight excluding hydrogens is 377 g/mol. The van der Waals surface area contributed by atoms with Crippen LogP contribution in [0.15, 0.2) is 36.5 Å². The lowest BCUT2D eigenvalue weighted by Gasteiger charge is -2.22. The molecule has 2 heterocycles. The number of nitrogens with zero attached hydrogens (tertiary/aromatic N) is 2. The molecule has 0 radical (unpaired) electrons. The number of nitrogens with one attached hydrogen (secondary N) is 1. The van der Waals surface area contributed by atoms with Crippen molar-refractivity contribution in [1.82, 2.24) is 15.3 Å². The lowest BCUT2D eigenvalue weighted by Crippen LogP contribution is -2.42. The molecule has 2 N–H and O–H groups in total. The minimum atomic E-state index is -1.61. The van der Waals surface area contributed by atoms with Crippen LogP contribution in [-0.2, 0) is 0 Å². The number of alkyl halides is 1. The van der Waals surface area contributed by atoms with Crippen molar-refractivity contribution in [2.45, 2.75) is 25.6 Å². The van der Waals surface area contributed by atoms with Crippen molar-refractivity contribution in [1.29, 1.82) is 0 Å². The first-order valence-corrected chi connectivity index (χ1v) is 9.12. The topological polar surface area (TPSA) is 75.1 Å². The molecule has 1 aromatic carbocycles. The maximum Gasteiger partial charge on any atom is 0.254 e. The number of pyridine rings is 1. The number of carbonyl (C=O) groups is 1. The monoisotopic (exact) mass is 393 g/mol. The van der Waals surface area contributed by atoms with Crippen molar-refractivity contribution >= 4 is 39.2 Å². The zero-order chi connectivity index (χ0) is 18.9. The summed E-state index contributed by atoms with van der Waals surface area (Å²) >= 11 is 7.72. The van der Waals surface area contributed by atoms with Gasteiger partial charge in [0.25, 0.3) is 5.91 Å². The maximum absolute atomic E-state index is 13.8. The quantitative estimate of drug-likeness (QED) is 0.690. The van der Waals surface area contributed by atoms with Gasteiger partial charge in [0.05, 0.1) is 22.7 Å². The van der Waals surface area contributed by atoms with Crippen molar-refractivity contribution in [2.75, 3.05) is 6.54 Å². The lowest BCUT2D eigenvalue weighted by molar-refractivity contribution is -0.00177. The zero-order valence-corrected chi connectivity index (χ0v) is 15.7. The van der Waals surface area contributed by atoms with Gasteiger partial charge in [0.1, 0.15) is 21.5 Å². The van der Waals surface area contributed by atoms with E-state index >= 15 is 0 Å². The first kappa shape index (κ1) is 18.7. The lowest BCUT2D eigenvalue weighted by atomic mass is 10.0. The molecule has 1 amide bonds. The van der Waals surface area contributed by atoms with Gasteiger partial charge in [-0.1, -0.05) is 53.3 Å². The van der Waals surface area contributed by atoms with Gasteiger partial charge >= 0.3 is 0 Å². The van der Waals surface area contributed by atoms with Crippen LogP contribution in [0.1, 0.15) is 24.2 Å². The Hall–Kier alpha value is -2.09. The highest BCUT2D eigenvalue weighted by atomic mass is 35.5. The van der Waals surface area contributed by atoms with E-state index in [0.717, 1.165) is 10.6 Å². The van der Waals surface area contributed by atoms with E-state index in [1.807, 2.05) is 30.3 Å². The molecule has 2 aromatic heterocycles. The largest absolute Gasteiger partial charge is 0.387 e. The number of rotatable bonds is 5. The average Bonchev–Trinajstić information content (AvgIpc) is 3.05. The number of amides is 1. The predicted octanol–water partition coefficient (Wildman–Crippen LogP) is 3.85. The van der Waals surface area contributed by atoms with E-state index in [2.05, 4.69) is 15.3 Å². The molecule has 0 spiro atoms. The number of carbonyl (C=O) groups excluding carboxylic acids is 1. The second kappa shape index (κ2) is 7.26. The summed E-state index contributed by atoms with van der Waals surface area (Å²) < 4.78 is 13.8. The standard InChI is InChI=1S/C18H17ClFN3O2S/c1-18(2,25)12(20)9-21-15(24)11-8-22-17-14(13(11)19)23-16(26-17)10-6-4-3-5-7-10/h3-8,12,25H,9H2,1-2H3,(H,21,24). The zero-order valence-electron chi connectivity index (χ0n) is 14.2. The molecule has 5 nitrogen and oxygen atoms in total. The molecule has 1 unspecified atom stereocenters. The first-order chi connectivity index (χ1) is 12.3. The van der Waals surface area contributed by atoms with Crippen LogP contribution >= 0.6 is 22.9 Å². The molecule has 3 aromatic rings. The SMILES string of the molecule is CC(C)(O)C(F)CNC(=O)c1cnc2sc(-c3ccccc3)nc2c1Cl. The summed E-state index contributed by atoms with van der Waals surface area (Å²) in [6, 6.07) is 9.58. The van der Waals surface area contributed by atoms with Crippen molar-refractivity contribution in [3.63, 3.8) is 0 Å². The van der Waals surface area contributed by atoms with Crippen LogP contribution in [0.5, 0.6) is 0 Å². The molecule has 0 aliphatic rings. The van der Waals surface area contributed by atoms with E-state index in [4.69, 9.17) is 11.6 Å². The van der Waals surface area contributed by atoms with Gasteiger partial charge in [0.2, 0.25) is 0 Å². The molecular formula is C18H17ClFN3O2S. The fraction of sp³-hybridized carbons (Fsp3) is 0.278. The summed E-state index contributed by atoms with van der Waals surface area (Å²) in [6.07, 6.45) is -0.254. The summed E-state index contributed by atoms with van der Waals surface area (Å²) in [5.74, 6) is -0.564. The van der Waals surface area contributed by atoms with Crippen LogP contribution in [-0.4, -0.2) is 39.3 Å². The number of hydrogen-bond acceptors (Lipinski definition) is 5. The summed E-state index contributed by atoms with van der Waals surface area (Å²) in [4.78, 5) is 21.7. The van der Waals surface area contributed by atoms with E-state index in [9.17, 15) is 14.3 Å². The fourth-order valence-corrected chi connectivity index (χ4v) is 3.49. The number of fused-ring (bicyclic) bond motifs is 1. The van der Waals surface area contributed by atoms with Crippen molar-refractivity contribution in [3.8, 4) is 10.6 Å². The predicted molar refractivity (Wildman–Crippen MR) is 101 cm³/mol. The van der Waals surface area contributed by atoms with Gasteiger partial charge in [-0.05, 0) is 13.8 Å². The second-order valence-corrected chi connectivity index (χ2v) is 7.71. The second-order valence-electron chi connectivity index (χ2n) is 6.36. The Labute approximate surface area is 158 Å². The van der Waals surface area contributed by atoms with Gasteiger partial charge in [-0.3, -0.25) is 4.79 Å². The average molecular weight is 394 g/mol. The number of hydrogen-bond donors (Lipinski definition) is 2. The van der Waals surface area contributed by atoms with Gasteiger partial charge in [0.15, 0.2) is 0 Å². The highest BCUT2D eigenvalue weighted by Gasteiger charge is 2.27. The van der Waals surface area contributed by atoms with Gasteiger partial charge in [-0.25, -0.2) is 14.4 Å². The highest BCUT2D eigenvalue weighted by molar-refractivity contribution is 7.21. The molecule has 0 aliphatic carbocycles. The van der Waals surface area contributed by atoms with E-state index < -0.39 is 17.7 Å². The molecule has 3 rings (SSSR count).